The molecule has 1 fully saturated rings. The lowest BCUT2D eigenvalue weighted by atomic mass is 10.1. The summed E-state index contributed by atoms with van der Waals surface area (Å²) in [7, 11) is -3.36. The summed E-state index contributed by atoms with van der Waals surface area (Å²) in [4.78, 5) is 2.23. The number of hydrogen-bond donors (Lipinski definition) is 0. The third-order valence-electron chi connectivity index (χ3n) is 3.17. The molecule has 5 heteroatoms. The van der Waals surface area contributed by atoms with Gasteiger partial charge in [0, 0.05) is 19.6 Å². The fourth-order valence-electron chi connectivity index (χ4n) is 2.35. The Morgan fingerprint density at radius 2 is 1.94 bits per heavy atom. The van der Waals surface area contributed by atoms with Gasteiger partial charge in [0.25, 0.3) is 10.1 Å². The Morgan fingerprint density at radius 3 is 2.56 bits per heavy atom. The van der Waals surface area contributed by atoms with Crippen LogP contribution in [0, 0.1) is 5.92 Å². The fourth-order valence-corrected chi connectivity index (χ4v) is 3.05. The average molecular weight is 269 g/mol. The quantitative estimate of drug-likeness (QED) is 0.777. The van der Waals surface area contributed by atoms with Crippen LogP contribution in [0.2, 0.25) is 0 Å². The minimum atomic E-state index is -3.36. The van der Waals surface area contributed by atoms with Crippen LogP contribution in [0.4, 0.5) is 0 Å². The summed E-state index contributed by atoms with van der Waals surface area (Å²) >= 11 is 0. The third-order valence-corrected chi connectivity index (χ3v) is 3.76. The fraction of sp³-hybridized carbons (Fsp3) is 0.538. The molecule has 18 heavy (non-hydrogen) atoms. The Labute approximate surface area is 109 Å². The van der Waals surface area contributed by atoms with Crippen molar-refractivity contribution < 1.29 is 12.6 Å². The second-order valence-electron chi connectivity index (χ2n) is 5.00. The Kier molecular flexibility index (Phi) is 4.04. The van der Waals surface area contributed by atoms with Crippen LogP contribution in [0.5, 0.6) is 0 Å². The van der Waals surface area contributed by atoms with Crippen molar-refractivity contribution >= 4 is 10.1 Å². The second-order valence-corrected chi connectivity index (χ2v) is 6.60. The van der Waals surface area contributed by atoms with E-state index in [1.807, 2.05) is 25.1 Å². The largest absolute Gasteiger partial charge is 0.296 e. The summed E-state index contributed by atoms with van der Waals surface area (Å²) in [6.45, 7) is 4.41. The molecule has 100 valence electrons. The summed E-state index contributed by atoms with van der Waals surface area (Å²) < 4.78 is 27.4. The molecule has 4 nitrogen and oxygen atoms in total. The van der Waals surface area contributed by atoms with Crippen molar-refractivity contribution in [3.8, 4) is 0 Å². The van der Waals surface area contributed by atoms with Gasteiger partial charge in [-0.2, -0.15) is 8.42 Å². The van der Waals surface area contributed by atoms with Gasteiger partial charge in [0.1, 0.15) is 0 Å². The van der Waals surface area contributed by atoms with Crippen LogP contribution in [0.15, 0.2) is 30.3 Å². The summed E-state index contributed by atoms with van der Waals surface area (Å²) in [6, 6.07) is 10.2. The molecule has 0 bridgehead atoms. The van der Waals surface area contributed by atoms with E-state index in [2.05, 4.69) is 17.0 Å². The van der Waals surface area contributed by atoms with Crippen molar-refractivity contribution in [1.82, 2.24) is 4.90 Å². The van der Waals surface area contributed by atoms with Crippen LogP contribution in [0.3, 0.4) is 0 Å². The standard InChI is InChI=1S/C13H19NO3S/c1-11-8-14(9-12-6-4-3-5-7-12)10-13(11)17-18(2,15)16/h3-7,11,13H,8-10H2,1-2H3. The number of rotatable bonds is 4. The smallest absolute Gasteiger partial charge is 0.264 e. The van der Waals surface area contributed by atoms with Gasteiger partial charge in [0.05, 0.1) is 12.4 Å². The Bertz CT molecular complexity index is 486. The second kappa shape index (κ2) is 5.38. The van der Waals surface area contributed by atoms with E-state index < -0.39 is 10.1 Å². The number of nitrogens with zero attached hydrogens (tertiary/aromatic N) is 1. The van der Waals surface area contributed by atoms with Crippen LogP contribution < -0.4 is 0 Å². The van der Waals surface area contributed by atoms with Gasteiger partial charge in [0.2, 0.25) is 0 Å². The maximum absolute atomic E-state index is 11.2. The molecule has 0 radical (unpaired) electrons. The van der Waals surface area contributed by atoms with Gasteiger partial charge in [-0.05, 0) is 11.5 Å². The Balaban J connectivity index is 1.95. The molecular weight excluding hydrogens is 250 g/mol. The van der Waals surface area contributed by atoms with E-state index in [4.69, 9.17) is 4.18 Å². The molecule has 2 rings (SSSR count). The van der Waals surface area contributed by atoms with Gasteiger partial charge in [0.15, 0.2) is 0 Å². The molecule has 1 aromatic carbocycles. The molecule has 2 atom stereocenters. The molecule has 0 saturated carbocycles. The highest BCUT2D eigenvalue weighted by Gasteiger charge is 2.32. The van der Waals surface area contributed by atoms with Crippen molar-refractivity contribution in [3.63, 3.8) is 0 Å². The van der Waals surface area contributed by atoms with E-state index in [0.717, 1.165) is 19.3 Å². The van der Waals surface area contributed by atoms with Crippen molar-refractivity contribution in [1.29, 1.82) is 0 Å². The summed E-state index contributed by atoms with van der Waals surface area (Å²) in [6.07, 6.45) is 0.892. The molecule has 0 aliphatic carbocycles. The van der Waals surface area contributed by atoms with Gasteiger partial charge in [-0.15, -0.1) is 0 Å². The van der Waals surface area contributed by atoms with Gasteiger partial charge >= 0.3 is 0 Å². The van der Waals surface area contributed by atoms with Gasteiger partial charge < -0.3 is 0 Å². The van der Waals surface area contributed by atoms with Gasteiger partial charge in [-0.25, -0.2) is 0 Å². The molecule has 1 aromatic rings. The predicted molar refractivity (Wildman–Crippen MR) is 70.6 cm³/mol. The number of benzene rings is 1. The van der Waals surface area contributed by atoms with Crippen molar-refractivity contribution in [2.24, 2.45) is 5.92 Å². The topological polar surface area (TPSA) is 46.6 Å². The minimum Gasteiger partial charge on any atom is -0.296 e. The summed E-state index contributed by atoms with van der Waals surface area (Å²) in [5, 5.41) is 0. The lowest BCUT2D eigenvalue weighted by Gasteiger charge is -2.15. The molecule has 2 unspecified atom stereocenters. The van der Waals surface area contributed by atoms with E-state index in [0.29, 0.717) is 6.54 Å². The van der Waals surface area contributed by atoms with Crippen LogP contribution in [0.1, 0.15) is 12.5 Å². The van der Waals surface area contributed by atoms with E-state index in [9.17, 15) is 8.42 Å². The third kappa shape index (κ3) is 3.80. The normalized spacial score (nSPS) is 25.4. The molecule has 1 aliphatic heterocycles. The lowest BCUT2D eigenvalue weighted by Crippen LogP contribution is -2.25. The number of likely N-dealkylation sites (tertiary alicyclic amines) is 1. The molecular formula is C13H19NO3S. The zero-order valence-electron chi connectivity index (χ0n) is 10.7. The monoisotopic (exact) mass is 269 g/mol. The zero-order chi connectivity index (χ0) is 13.2. The highest BCUT2D eigenvalue weighted by Crippen LogP contribution is 2.22. The first-order chi connectivity index (χ1) is 8.44. The maximum atomic E-state index is 11.2. The van der Waals surface area contributed by atoms with E-state index in [-0.39, 0.29) is 12.0 Å². The van der Waals surface area contributed by atoms with Crippen LogP contribution >= 0.6 is 0 Å². The van der Waals surface area contributed by atoms with Crippen LogP contribution in [-0.4, -0.2) is 38.8 Å². The molecule has 0 aromatic heterocycles. The molecule has 0 N–H and O–H groups in total. The van der Waals surface area contributed by atoms with Crippen molar-refractivity contribution in [2.75, 3.05) is 19.3 Å². The van der Waals surface area contributed by atoms with E-state index in [1.165, 1.54) is 5.56 Å². The van der Waals surface area contributed by atoms with Gasteiger partial charge in [-0.1, -0.05) is 37.3 Å². The first-order valence-corrected chi connectivity index (χ1v) is 7.90. The van der Waals surface area contributed by atoms with E-state index >= 15 is 0 Å². The molecule has 1 saturated heterocycles. The molecule has 1 aliphatic rings. The summed E-state index contributed by atoms with van der Waals surface area (Å²) in [5.41, 5.74) is 1.24. The highest BCUT2D eigenvalue weighted by atomic mass is 32.2. The Hall–Kier alpha value is -0.910. The zero-order valence-corrected chi connectivity index (χ0v) is 11.6. The molecule has 0 amide bonds. The molecule has 0 spiro atoms. The minimum absolute atomic E-state index is 0.219. The SMILES string of the molecule is CC1CN(Cc2ccccc2)CC1OS(C)(=O)=O. The van der Waals surface area contributed by atoms with Crippen molar-refractivity contribution in [2.45, 2.75) is 19.6 Å². The lowest BCUT2D eigenvalue weighted by molar-refractivity contribution is 0.182. The number of hydrogen-bond acceptors (Lipinski definition) is 4. The van der Waals surface area contributed by atoms with Crippen LogP contribution in [-0.2, 0) is 20.8 Å². The maximum Gasteiger partial charge on any atom is 0.264 e. The highest BCUT2D eigenvalue weighted by molar-refractivity contribution is 7.86. The first kappa shape index (κ1) is 13.5. The van der Waals surface area contributed by atoms with Crippen LogP contribution in [0.25, 0.3) is 0 Å². The average Bonchev–Trinajstić information content (AvgIpc) is 2.58. The first-order valence-electron chi connectivity index (χ1n) is 6.08. The van der Waals surface area contributed by atoms with Crippen molar-refractivity contribution in [3.05, 3.63) is 35.9 Å². The molecule has 1 heterocycles. The van der Waals surface area contributed by atoms with E-state index in [1.54, 1.807) is 0 Å². The predicted octanol–water partition coefficient (Wildman–Crippen LogP) is 1.48. The Morgan fingerprint density at radius 1 is 1.28 bits per heavy atom. The summed E-state index contributed by atoms with van der Waals surface area (Å²) in [5.74, 6) is 0.239. The van der Waals surface area contributed by atoms with Gasteiger partial charge in [-0.3, -0.25) is 9.08 Å².